The molecule has 0 atom stereocenters. The molecule has 0 amide bonds. The molecule has 2 N–H and O–H groups in total. The average molecular weight is 518 g/mol. The minimum atomic E-state index is 0. The second kappa shape index (κ2) is 15.7. The van der Waals surface area contributed by atoms with Crippen molar-refractivity contribution in [2.75, 3.05) is 65.6 Å². The zero-order valence-electron chi connectivity index (χ0n) is 18.3. The first-order valence-corrected chi connectivity index (χ1v) is 10.6. The number of aryl methyl sites for hydroxylation is 1. The van der Waals surface area contributed by atoms with E-state index in [1.165, 1.54) is 11.3 Å². The van der Waals surface area contributed by atoms with Crippen LogP contribution in [0.5, 0.6) is 0 Å². The van der Waals surface area contributed by atoms with Crippen molar-refractivity contribution in [2.45, 2.75) is 32.1 Å². The number of hydrogen-bond donors (Lipinski definition) is 2. The van der Waals surface area contributed by atoms with Gasteiger partial charge in [0.15, 0.2) is 5.96 Å². The number of aliphatic imine (C=N–C) groups is 1. The van der Waals surface area contributed by atoms with E-state index in [4.69, 9.17) is 9.47 Å². The van der Waals surface area contributed by atoms with E-state index in [0.29, 0.717) is 5.92 Å². The Kier molecular flexibility index (Phi) is 14.1. The molecule has 2 rings (SSSR count). The number of guanidine groups is 1. The van der Waals surface area contributed by atoms with Crippen molar-refractivity contribution in [3.63, 3.8) is 0 Å². The minimum absolute atomic E-state index is 0. The Morgan fingerprint density at radius 1 is 1.10 bits per heavy atom. The van der Waals surface area contributed by atoms with Crippen molar-refractivity contribution in [3.8, 4) is 0 Å². The van der Waals surface area contributed by atoms with Gasteiger partial charge in [0.1, 0.15) is 0 Å². The summed E-state index contributed by atoms with van der Waals surface area (Å²) in [5, 5.41) is 6.75. The molecule has 0 unspecified atom stereocenters. The van der Waals surface area contributed by atoms with Crippen LogP contribution in [-0.4, -0.2) is 66.6 Å². The second-order valence-electron chi connectivity index (χ2n) is 7.57. The maximum atomic E-state index is 5.80. The molecule has 1 saturated heterocycles. The zero-order chi connectivity index (χ0) is 20.0. The molecule has 1 aromatic carbocycles. The van der Waals surface area contributed by atoms with E-state index in [2.05, 4.69) is 58.9 Å². The number of ether oxygens (including phenoxy) is 2. The molecule has 0 aliphatic carbocycles. The van der Waals surface area contributed by atoms with Crippen molar-refractivity contribution in [2.24, 2.45) is 10.9 Å². The Labute approximate surface area is 193 Å². The van der Waals surface area contributed by atoms with Crippen LogP contribution in [0.3, 0.4) is 0 Å². The third-order valence-corrected chi connectivity index (χ3v) is 5.06. The summed E-state index contributed by atoms with van der Waals surface area (Å²) in [6.45, 7) is 5.23. The quantitative estimate of drug-likeness (QED) is 0.204. The summed E-state index contributed by atoms with van der Waals surface area (Å²) in [6.07, 6.45) is 5.40. The van der Waals surface area contributed by atoms with E-state index in [0.717, 1.165) is 77.6 Å². The maximum absolute atomic E-state index is 5.80. The predicted molar refractivity (Wildman–Crippen MR) is 133 cm³/mol. The third kappa shape index (κ3) is 11.1. The number of nitrogens with one attached hydrogen (secondary N) is 2. The molecular weight excluding hydrogens is 479 g/mol. The van der Waals surface area contributed by atoms with Gasteiger partial charge in [-0.15, -0.1) is 24.0 Å². The van der Waals surface area contributed by atoms with Gasteiger partial charge >= 0.3 is 0 Å². The highest BCUT2D eigenvalue weighted by molar-refractivity contribution is 14.0. The van der Waals surface area contributed by atoms with Crippen molar-refractivity contribution in [3.05, 3.63) is 29.8 Å². The van der Waals surface area contributed by atoms with Crippen LogP contribution in [0.15, 0.2) is 29.3 Å². The Bertz CT molecular complexity index is 560. The summed E-state index contributed by atoms with van der Waals surface area (Å²) in [5.74, 6) is 1.54. The summed E-state index contributed by atoms with van der Waals surface area (Å²) in [5.41, 5.74) is 2.61. The van der Waals surface area contributed by atoms with Crippen LogP contribution >= 0.6 is 24.0 Å². The lowest BCUT2D eigenvalue weighted by Gasteiger charge is -2.21. The number of rotatable bonds is 11. The fourth-order valence-corrected chi connectivity index (χ4v) is 3.22. The molecule has 6 nitrogen and oxygen atoms in total. The highest BCUT2D eigenvalue weighted by Crippen LogP contribution is 2.15. The molecule has 166 valence electrons. The molecular formula is C22H39IN4O2. The van der Waals surface area contributed by atoms with E-state index < -0.39 is 0 Å². The summed E-state index contributed by atoms with van der Waals surface area (Å²) < 4.78 is 11.2. The SMILES string of the molecule is CN=C(NCCCOCC1CCOCC1)NCCCc1ccc(N(C)C)cc1.I. The molecule has 0 saturated carbocycles. The standard InChI is InChI=1S/C22H38N4O2.HI/c1-23-22(25-14-5-15-28-18-20-11-16-27-17-12-20)24-13-4-6-19-7-9-21(10-8-19)26(2)3;/h7-10,20H,4-6,11-18H2,1-3H3,(H2,23,24,25);1H. The van der Waals surface area contributed by atoms with Gasteiger partial charge in [0, 0.05) is 66.3 Å². The first-order chi connectivity index (χ1) is 13.7. The highest BCUT2D eigenvalue weighted by Gasteiger charge is 2.13. The minimum Gasteiger partial charge on any atom is -0.381 e. The van der Waals surface area contributed by atoms with Crippen molar-refractivity contribution >= 4 is 35.6 Å². The van der Waals surface area contributed by atoms with Gasteiger partial charge in [0.2, 0.25) is 0 Å². The van der Waals surface area contributed by atoms with Crippen LogP contribution in [0.25, 0.3) is 0 Å². The van der Waals surface area contributed by atoms with Crippen molar-refractivity contribution in [1.82, 2.24) is 10.6 Å². The van der Waals surface area contributed by atoms with Crippen LogP contribution in [0.1, 0.15) is 31.2 Å². The molecule has 1 aliphatic rings. The van der Waals surface area contributed by atoms with E-state index in [-0.39, 0.29) is 24.0 Å². The average Bonchev–Trinajstić information content (AvgIpc) is 2.73. The fraction of sp³-hybridized carbons (Fsp3) is 0.682. The van der Waals surface area contributed by atoms with Crippen molar-refractivity contribution in [1.29, 1.82) is 0 Å². The normalized spacial score (nSPS) is 14.9. The lowest BCUT2D eigenvalue weighted by molar-refractivity contribution is 0.0203. The van der Waals surface area contributed by atoms with Gasteiger partial charge in [-0.05, 0) is 55.7 Å². The van der Waals surface area contributed by atoms with Gasteiger partial charge in [-0.3, -0.25) is 4.99 Å². The highest BCUT2D eigenvalue weighted by atomic mass is 127. The molecule has 0 aromatic heterocycles. The van der Waals surface area contributed by atoms with E-state index >= 15 is 0 Å². The molecule has 1 fully saturated rings. The van der Waals surface area contributed by atoms with Gasteiger partial charge < -0.3 is 25.0 Å². The van der Waals surface area contributed by atoms with E-state index in [1.54, 1.807) is 0 Å². The number of benzene rings is 1. The first-order valence-electron chi connectivity index (χ1n) is 10.6. The van der Waals surface area contributed by atoms with E-state index in [1.807, 2.05) is 7.05 Å². The van der Waals surface area contributed by atoms with Crippen molar-refractivity contribution < 1.29 is 9.47 Å². The lowest BCUT2D eigenvalue weighted by Crippen LogP contribution is -2.38. The predicted octanol–water partition coefficient (Wildman–Crippen LogP) is 3.30. The Hall–Kier alpha value is -1.06. The molecule has 7 heteroatoms. The van der Waals surface area contributed by atoms with Crippen LogP contribution in [0.2, 0.25) is 0 Å². The van der Waals surface area contributed by atoms with Gasteiger partial charge in [-0.25, -0.2) is 0 Å². The monoisotopic (exact) mass is 518 g/mol. The summed E-state index contributed by atoms with van der Waals surface area (Å²) in [6, 6.07) is 8.77. The van der Waals surface area contributed by atoms with E-state index in [9.17, 15) is 0 Å². The molecule has 0 bridgehead atoms. The third-order valence-electron chi connectivity index (χ3n) is 5.06. The van der Waals surface area contributed by atoms with Gasteiger partial charge in [0.25, 0.3) is 0 Å². The Morgan fingerprint density at radius 2 is 1.76 bits per heavy atom. The Balaban J connectivity index is 0.00000420. The first kappa shape index (κ1) is 26.0. The second-order valence-corrected chi connectivity index (χ2v) is 7.57. The lowest BCUT2D eigenvalue weighted by atomic mass is 10.0. The number of anilines is 1. The molecule has 29 heavy (non-hydrogen) atoms. The summed E-state index contributed by atoms with van der Waals surface area (Å²) >= 11 is 0. The van der Waals surface area contributed by atoms with Crippen LogP contribution in [0, 0.1) is 5.92 Å². The van der Waals surface area contributed by atoms with Gasteiger partial charge in [0.05, 0.1) is 0 Å². The number of hydrogen-bond acceptors (Lipinski definition) is 4. The number of halogens is 1. The van der Waals surface area contributed by atoms with Crippen LogP contribution in [-0.2, 0) is 15.9 Å². The largest absolute Gasteiger partial charge is 0.381 e. The Morgan fingerprint density at radius 3 is 2.38 bits per heavy atom. The maximum Gasteiger partial charge on any atom is 0.190 e. The smallest absolute Gasteiger partial charge is 0.190 e. The van der Waals surface area contributed by atoms with Gasteiger partial charge in [-0.1, -0.05) is 12.1 Å². The van der Waals surface area contributed by atoms with Crippen LogP contribution < -0.4 is 15.5 Å². The van der Waals surface area contributed by atoms with Gasteiger partial charge in [-0.2, -0.15) is 0 Å². The molecule has 1 aromatic rings. The summed E-state index contributed by atoms with van der Waals surface area (Å²) in [7, 11) is 5.95. The molecule has 1 heterocycles. The summed E-state index contributed by atoms with van der Waals surface area (Å²) in [4.78, 5) is 6.41. The zero-order valence-corrected chi connectivity index (χ0v) is 20.6. The molecule has 0 radical (unpaired) electrons. The fourth-order valence-electron chi connectivity index (χ4n) is 3.22. The molecule has 1 aliphatic heterocycles. The molecule has 0 spiro atoms. The number of nitrogens with zero attached hydrogens (tertiary/aromatic N) is 2. The van der Waals surface area contributed by atoms with Crippen LogP contribution in [0.4, 0.5) is 5.69 Å². The topological polar surface area (TPSA) is 58.1 Å².